The molecule has 0 saturated carbocycles. The molecule has 0 aliphatic carbocycles. The van der Waals surface area contributed by atoms with Gasteiger partial charge in [-0.25, -0.2) is 4.79 Å². The first-order chi connectivity index (χ1) is 8.15. The summed E-state index contributed by atoms with van der Waals surface area (Å²) in [6.07, 6.45) is 0. The first kappa shape index (κ1) is 12.0. The quantitative estimate of drug-likeness (QED) is 0.815. The number of carbonyl (C=O) groups excluding carboxylic acids is 1. The van der Waals surface area contributed by atoms with Gasteiger partial charge in [0.25, 0.3) is 0 Å². The highest BCUT2D eigenvalue weighted by atomic mass is 79.9. The molecule has 2 aromatic rings. The Kier molecular flexibility index (Phi) is 3.38. The van der Waals surface area contributed by atoms with E-state index in [0.717, 1.165) is 9.86 Å². The van der Waals surface area contributed by atoms with Crippen LogP contribution in [0.1, 0.15) is 17.5 Å². The molecular weight excluding hydrogens is 288 g/mol. The smallest absolute Gasteiger partial charge is 0.374 e. The van der Waals surface area contributed by atoms with Crippen LogP contribution < -0.4 is 4.74 Å². The number of benzene rings is 1. The van der Waals surface area contributed by atoms with Gasteiger partial charge in [-0.15, -0.1) is 0 Å². The highest BCUT2D eigenvalue weighted by molar-refractivity contribution is 9.10. The van der Waals surface area contributed by atoms with Crippen molar-refractivity contribution in [1.29, 1.82) is 0 Å². The maximum atomic E-state index is 11.5. The fourth-order valence-electron chi connectivity index (χ4n) is 1.54. The maximum absolute atomic E-state index is 11.5. The molecule has 0 saturated heterocycles. The molecule has 90 valence electrons. The Balaban J connectivity index is 2.53. The maximum Gasteiger partial charge on any atom is 0.374 e. The number of esters is 1. The van der Waals surface area contributed by atoms with E-state index in [0.29, 0.717) is 17.9 Å². The first-order valence-corrected chi connectivity index (χ1v) is 5.89. The minimum absolute atomic E-state index is 0.179. The summed E-state index contributed by atoms with van der Waals surface area (Å²) in [6, 6.07) is 5.27. The summed E-state index contributed by atoms with van der Waals surface area (Å²) in [7, 11) is 1.55. The molecule has 1 aromatic heterocycles. The molecule has 0 atom stereocenters. The first-order valence-electron chi connectivity index (χ1n) is 5.10. The second kappa shape index (κ2) is 4.79. The number of ether oxygens (including phenoxy) is 2. The average molecular weight is 299 g/mol. The molecule has 2 rings (SSSR count). The van der Waals surface area contributed by atoms with Gasteiger partial charge in [-0.2, -0.15) is 0 Å². The fourth-order valence-corrected chi connectivity index (χ4v) is 1.99. The molecule has 0 bridgehead atoms. The van der Waals surface area contributed by atoms with E-state index < -0.39 is 5.97 Å². The van der Waals surface area contributed by atoms with Gasteiger partial charge >= 0.3 is 5.97 Å². The van der Waals surface area contributed by atoms with Gasteiger partial charge in [-0.3, -0.25) is 0 Å². The van der Waals surface area contributed by atoms with Gasteiger partial charge in [0.15, 0.2) is 11.3 Å². The lowest BCUT2D eigenvalue weighted by atomic mass is 10.2. The van der Waals surface area contributed by atoms with E-state index >= 15 is 0 Å². The van der Waals surface area contributed by atoms with Crippen LogP contribution in [-0.2, 0) is 4.74 Å². The molecule has 1 heterocycles. The Morgan fingerprint density at radius 3 is 2.82 bits per heavy atom. The molecule has 0 fully saturated rings. The number of hydrogen-bond acceptors (Lipinski definition) is 4. The molecule has 4 nitrogen and oxygen atoms in total. The normalized spacial score (nSPS) is 10.5. The van der Waals surface area contributed by atoms with Crippen molar-refractivity contribution in [3.8, 4) is 5.75 Å². The second-order valence-corrected chi connectivity index (χ2v) is 4.27. The number of furan rings is 1. The number of carbonyl (C=O) groups is 1. The third-order valence-electron chi connectivity index (χ3n) is 2.24. The molecule has 0 unspecified atom stereocenters. The van der Waals surface area contributed by atoms with Crippen LogP contribution in [0.15, 0.2) is 27.1 Å². The monoisotopic (exact) mass is 298 g/mol. The zero-order valence-corrected chi connectivity index (χ0v) is 11.0. The molecule has 17 heavy (non-hydrogen) atoms. The van der Waals surface area contributed by atoms with Crippen LogP contribution in [0.5, 0.6) is 5.75 Å². The zero-order valence-electron chi connectivity index (χ0n) is 9.45. The number of methoxy groups -OCH3 is 1. The second-order valence-electron chi connectivity index (χ2n) is 3.36. The number of rotatable bonds is 3. The van der Waals surface area contributed by atoms with Crippen LogP contribution in [0.2, 0.25) is 0 Å². The summed E-state index contributed by atoms with van der Waals surface area (Å²) in [5.41, 5.74) is 0.541. The lowest BCUT2D eigenvalue weighted by Gasteiger charge is -2.00. The number of hydrogen-bond donors (Lipinski definition) is 0. The standard InChI is InChI=1S/C12H11BrO4/c1-3-16-12(14)10-5-7-4-8(13)6-9(15-2)11(7)17-10/h4-6H,3H2,1-2H3. The minimum atomic E-state index is -0.470. The van der Waals surface area contributed by atoms with Crippen molar-refractivity contribution in [1.82, 2.24) is 0 Å². The summed E-state index contributed by atoms with van der Waals surface area (Å²) in [5, 5.41) is 0.791. The molecule has 0 spiro atoms. The molecule has 0 N–H and O–H groups in total. The lowest BCUT2D eigenvalue weighted by Crippen LogP contribution is -2.02. The fraction of sp³-hybridized carbons (Fsp3) is 0.250. The zero-order chi connectivity index (χ0) is 12.4. The summed E-state index contributed by atoms with van der Waals surface area (Å²) in [5.74, 6) is 0.282. The van der Waals surface area contributed by atoms with Gasteiger partial charge < -0.3 is 13.9 Å². The van der Waals surface area contributed by atoms with Gasteiger partial charge in [0.2, 0.25) is 5.76 Å². The highest BCUT2D eigenvalue weighted by Gasteiger charge is 2.16. The SMILES string of the molecule is CCOC(=O)c1cc2cc(Br)cc(OC)c2o1. The van der Waals surface area contributed by atoms with E-state index in [2.05, 4.69) is 15.9 Å². The molecular formula is C12H11BrO4. The summed E-state index contributed by atoms with van der Waals surface area (Å²) in [6.45, 7) is 2.06. The molecule has 0 aliphatic rings. The predicted octanol–water partition coefficient (Wildman–Crippen LogP) is 3.38. The van der Waals surface area contributed by atoms with Crippen LogP contribution in [-0.4, -0.2) is 19.7 Å². The van der Waals surface area contributed by atoms with Crippen molar-refractivity contribution < 1.29 is 18.7 Å². The number of fused-ring (bicyclic) bond motifs is 1. The van der Waals surface area contributed by atoms with Gasteiger partial charge in [-0.1, -0.05) is 15.9 Å². The predicted molar refractivity (Wildman–Crippen MR) is 66.4 cm³/mol. The molecule has 5 heteroatoms. The van der Waals surface area contributed by atoms with Crippen molar-refractivity contribution in [2.75, 3.05) is 13.7 Å². The number of halogens is 1. The van der Waals surface area contributed by atoms with Crippen LogP contribution in [0.4, 0.5) is 0 Å². The van der Waals surface area contributed by atoms with Crippen molar-refractivity contribution >= 4 is 32.9 Å². The van der Waals surface area contributed by atoms with Crippen LogP contribution >= 0.6 is 15.9 Å². The Morgan fingerprint density at radius 1 is 1.41 bits per heavy atom. The Labute approximate surface area is 107 Å². The van der Waals surface area contributed by atoms with Gasteiger partial charge in [-0.05, 0) is 25.1 Å². The van der Waals surface area contributed by atoms with Crippen LogP contribution in [0, 0.1) is 0 Å². The average Bonchev–Trinajstić information content (AvgIpc) is 2.71. The highest BCUT2D eigenvalue weighted by Crippen LogP contribution is 2.32. The largest absolute Gasteiger partial charge is 0.493 e. The Morgan fingerprint density at radius 2 is 2.18 bits per heavy atom. The van der Waals surface area contributed by atoms with Gasteiger partial charge in [0, 0.05) is 9.86 Å². The van der Waals surface area contributed by atoms with E-state index in [4.69, 9.17) is 13.9 Å². The van der Waals surface area contributed by atoms with Crippen molar-refractivity contribution in [3.63, 3.8) is 0 Å². The summed E-state index contributed by atoms with van der Waals surface area (Å²) in [4.78, 5) is 11.5. The molecule has 1 aromatic carbocycles. The van der Waals surface area contributed by atoms with Crippen molar-refractivity contribution in [3.05, 3.63) is 28.4 Å². The van der Waals surface area contributed by atoms with Gasteiger partial charge in [0.1, 0.15) is 0 Å². The van der Waals surface area contributed by atoms with Crippen LogP contribution in [0.25, 0.3) is 11.0 Å². The summed E-state index contributed by atoms with van der Waals surface area (Å²) >= 11 is 3.36. The molecule has 0 amide bonds. The third-order valence-corrected chi connectivity index (χ3v) is 2.70. The molecule has 0 radical (unpaired) electrons. The Bertz CT molecular complexity index is 559. The van der Waals surface area contributed by atoms with E-state index in [1.165, 1.54) is 0 Å². The van der Waals surface area contributed by atoms with E-state index in [1.807, 2.05) is 6.07 Å². The molecule has 0 aliphatic heterocycles. The van der Waals surface area contributed by atoms with E-state index in [1.54, 1.807) is 26.2 Å². The summed E-state index contributed by atoms with van der Waals surface area (Å²) < 4.78 is 16.4. The lowest BCUT2D eigenvalue weighted by molar-refractivity contribution is 0.0492. The van der Waals surface area contributed by atoms with E-state index in [-0.39, 0.29) is 5.76 Å². The van der Waals surface area contributed by atoms with Gasteiger partial charge in [0.05, 0.1) is 13.7 Å². The minimum Gasteiger partial charge on any atom is -0.493 e. The van der Waals surface area contributed by atoms with Crippen molar-refractivity contribution in [2.24, 2.45) is 0 Å². The van der Waals surface area contributed by atoms with Crippen LogP contribution in [0.3, 0.4) is 0 Å². The van der Waals surface area contributed by atoms with E-state index in [9.17, 15) is 4.79 Å². The van der Waals surface area contributed by atoms with Crippen molar-refractivity contribution in [2.45, 2.75) is 6.92 Å². The third kappa shape index (κ3) is 2.29. The Hall–Kier alpha value is -1.49. The topological polar surface area (TPSA) is 48.7 Å².